The molecular formula is C20H22ClN3O. The van der Waals surface area contributed by atoms with Gasteiger partial charge in [0.25, 0.3) is 5.91 Å². The monoisotopic (exact) mass is 355 g/mol. The fourth-order valence-electron chi connectivity index (χ4n) is 3.84. The topological polar surface area (TPSA) is 36.4 Å². The Labute approximate surface area is 153 Å². The largest absolute Gasteiger partial charge is 0.306 e. The van der Waals surface area contributed by atoms with Crippen molar-refractivity contribution < 1.29 is 4.79 Å². The number of benzene rings is 1. The lowest BCUT2D eigenvalue weighted by molar-refractivity contribution is 0.0980. The lowest BCUT2D eigenvalue weighted by atomic mass is 9.98. The summed E-state index contributed by atoms with van der Waals surface area (Å²) in [6.07, 6.45) is 5.77. The molecule has 25 heavy (non-hydrogen) atoms. The zero-order chi connectivity index (χ0) is 17.4. The van der Waals surface area contributed by atoms with E-state index in [-0.39, 0.29) is 5.91 Å². The van der Waals surface area contributed by atoms with Gasteiger partial charge in [-0.05, 0) is 60.7 Å². The van der Waals surface area contributed by atoms with Crippen molar-refractivity contribution in [2.75, 3.05) is 24.5 Å². The Hall–Kier alpha value is -1.91. The zero-order valence-corrected chi connectivity index (χ0v) is 15.2. The zero-order valence-electron chi connectivity index (χ0n) is 14.4. The highest BCUT2D eigenvalue weighted by Gasteiger charge is 2.26. The number of rotatable bonds is 3. The lowest BCUT2D eigenvalue weighted by Gasteiger charge is -2.29. The van der Waals surface area contributed by atoms with E-state index in [2.05, 4.69) is 22.9 Å². The van der Waals surface area contributed by atoms with Crippen molar-refractivity contribution in [2.45, 2.75) is 26.3 Å². The van der Waals surface area contributed by atoms with Crippen LogP contribution in [0.1, 0.15) is 34.8 Å². The van der Waals surface area contributed by atoms with E-state index < -0.39 is 0 Å². The summed E-state index contributed by atoms with van der Waals surface area (Å²) >= 11 is 6.05. The first-order valence-electron chi connectivity index (χ1n) is 8.87. The van der Waals surface area contributed by atoms with Crippen molar-refractivity contribution in [1.82, 2.24) is 9.88 Å². The minimum atomic E-state index is 0.0339. The van der Waals surface area contributed by atoms with Crippen LogP contribution >= 0.6 is 11.6 Å². The molecule has 5 heteroatoms. The van der Waals surface area contributed by atoms with Crippen LogP contribution in [0.4, 0.5) is 5.69 Å². The minimum absolute atomic E-state index is 0.0339. The minimum Gasteiger partial charge on any atom is -0.306 e. The van der Waals surface area contributed by atoms with Crippen LogP contribution in [0, 0.1) is 5.92 Å². The molecule has 0 spiro atoms. The Kier molecular flexibility index (Phi) is 4.48. The van der Waals surface area contributed by atoms with Gasteiger partial charge in [0.15, 0.2) is 0 Å². The average molecular weight is 356 g/mol. The Balaban J connectivity index is 1.55. The quantitative estimate of drug-likeness (QED) is 0.840. The molecule has 3 heterocycles. The molecule has 0 aliphatic carbocycles. The molecule has 2 aliphatic heterocycles. The van der Waals surface area contributed by atoms with E-state index in [0.717, 1.165) is 48.8 Å². The molecule has 4 rings (SSSR count). The smallest absolute Gasteiger partial charge is 0.258 e. The third-order valence-electron chi connectivity index (χ3n) is 5.15. The molecular weight excluding hydrogens is 334 g/mol. The summed E-state index contributed by atoms with van der Waals surface area (Å²) in [6, 6.07) is 7.62. The number of likely N-dealkylation sites (tertiary alicyclic amines) is 1. The molecule has 130 valence electrons. The number of nitrogens with zero attached hydrogens (tertiary/aromatic N) is 3. The van der Waals surface area contributed by atoms with E-state index in [4.69, 9.17) is 11.6 Å². The van der Waals surface area contributed by atoms with Crippen LogP contribution < -0.4 is 4.90 Å². The van der Waals surface area contributed by atoms with Gasteiger partial charge in [-0.15, -0.1) is 0 Å². The highest BCUT2D eigenvalue weighted by Crippen LogP contribution is 2.27. The van der Waals surface area contributed by atoms with E-state index in [1.54, 1.807) is 12.3 Å². The van der Waals surface area contributed by atoms with E-state index in [0.29, 0.717) is 11.6 Å². The van der Waals surface area contributed by atoms with Crippen molar-refractivity contribution >= 4 is 23.2 Å². The maximum absolute atomic E-state index is 12.9. The number of halogens is 1. The normalized spacial score (nSPS) is 20.8. The Bertz CT molecular complexity index is 807. The molecule has 1 aromatic carbocycles. The number of aromatic nitrogens is 1. The van der Waals surface area contributed by atoms with Crippen LogP contribution in [0.3, 0.4) is 0 Å². The number of hydrogen-bond acceptors (Lipinski definition) is 3. The van der Waals surface area contributed by atoms with Gasteiger partial charge in [0.1, 0.15) is 0 Å². The molecule has 1 unspecified atom stereocenters. The maximum atomic E-state index is 12.9. The lowest BCUT2D eigenvalue weighted by Crippen LogP contribution is -2.37. The van der Waals surface area contributed by atoms with E-state index >= 15 is 0 Å². The van der Waals surface area contributed by atoms with Crippen molar-refractivity contribution in [3.63, 3.8) is 0 Å². The molecule has 2 aromatic rings. The van der Waals surface area contributed by atoms with Gasteiger partial charge in [0.2, 0.25) is 0 Å². The highest BCUT2D eigenvalue weighted by molar-refractivity contribution is 6.30. The van der Waals surface area contributed by atoms with Crippen LogP contribution in [0.2, 0.25) is 5.02 Å². The second-order valence-electron chi connectivity index (χ2n) is 7.19. The molecule has 1 saturated heterocycles. The standard InChI is InChI=1S/C20H22ClN3O/c1-14-4-6-23(12-14)13-15-8-18(11-22-10-15)24-7-5-16-9-17(21)2-3-19(16)20(24)25/h2-3,8-11,14H,4-7,12-13H2,1H3. The second kappa shape index (κ2) is 6.77. The number of anilines is 1. The first kappa shape index (κ1) is 16.6. The summed E-state index contributed by atoms with van der Waals surface area (Å²) in [5.74, 6) is 0.801. The molecule has 2 aliphatic rings. The number of carbonyl (C=O) groups excluding carboxylic acids is 1. The Morgan fingerprint density at radius 1 is 1.24 bits per heavy atom. The van der Waals surface area contributed by atoms with Crippen LogP contribution in [-0.2, 0) is 13.0 Å². The van der Waals surface area contributed by atoms with Crippen molar-refractivity contribution in [3.8, 4) is 0 Å². The fourth-order valence-corrected chi connectivity index (χ4v) is 4.03. The fraction of sp³-hybridized carbons (Fsp3) is 0.400. The van der Waals surface area contributed by atoms with Crippen LogP contribution in [0.15, 0.2) is 36.7 Å². The van der Waals surface area contributed by atoms with Gasteiger partial charge >= 0.3 is 0 Å². The Morgan fingerprint density at radius 3 is 2.92 bits per heavy atom. The highest BCUT2D eigenvalue weighted by atomic mass is 35.5. The predicted molar refractivity (Wildman–Crippen MR) is 100 cm³/mol. The third-order valence-corrected chi connectivity index (χ3v) is 5.39. The molecule has 1 amide bonds. The molecule has 0 N–H and O–H groups in total. The molecule has 1 fully saturated rings. The predicted octanol–water partition coefficient (Wildman–Crippen LogP) is 3.78. The average Bonchev–Trinajstić information content (AvgIpc) is 3.00. The molecule has 0 bridgehead atoms. The van der Waals surface area contributed by atoms with E-state index in [1.165, 1.54) is 12.0 Å². The van der Waals surface area contributed by atoms with Gasteiger partial charge in [0.05, 0.1) is 11.9 Å². The molecule has 4 nitrogen and oxygen atoms in total. The van der Waals surface area contributed by atoms with Gasteiger partial charge in [-0.1, -0.05) is 18.5 Å². The van der Waals surface area contributed by atoms with Gasteiger partial charge in [0, 0.05) is 36.4 Å². The van der Waals surface area contributed by atoms with Gasteiger partial charge < -0.3 is 4.90 Å². The number of carbonyl (C=O) groups is 1. The summed E-state index contributed by atoms with van der Waals surface area (Å²) in [5.41, 5.74) is 3.83. The first-order valence-corrected chi connectivity index (χ1v) is 9.24. The molecule has 1 atom stereocenters. The molecule has 0 saturated carbocycles. The Morgan fingerprint density at radius 2 is 2.12 bits per heavy atom. The summed E-state index contributed by atoms with van der Waals surface area (Å²) in [4.78, 5) is 21.5. The number of fused-ring (bicyclic) bond motifs is 1. The summed E-state index contributed by atoms with van der Waals surface area (Å²) in [6.45, 7) is 6.14. The van der Waals surface area contributed by atoms with Crippen LogP contribution in [-0.4, -0.2) is 35.4 Å². The molecule has 1 aromatic heterocycles. The molecule has 0 radical (unpaired) electrons. The number of hydrogen-bond donors (Lipinski definition) is 0. The summed E-state index contributed by atoms with van der Waals surface area (Å²) in [5, 5.41) is 0.684. The maximum Gasteiger partial charge on any atom is 0.258 e. The number of pyridine rings is 1. The SMILES string of the molecule is CC1CCN(Cc2cncc(N3CCc4cc(Cl)ccc4C3=O)c2)C1. The van der Waals surface area contributed by atoms with E-state index in [1.807, 2.05) is 23.2 Å². The van der Waals surface area contributed by atoms with Crippen LogP contribution in [0.25, 0.3) is 0 Å². The third kappa shape index (κ3) is 3.42. The van der Waals surface area contributed by atoms with Gasteiger partial charge in [-0.3, -0.25) is 14.7 Å². The van der Waals surface area contributed by atoms with E-state index in [9.17, 15) is 4.79 Å². The van der Waals surface area contributed by atoms with Gasteiger partial charge in [-0.25, -0.2) is 0 Å². The second-order valence-corrected chi connectivity index (χ2v) is 7.63. The van der Waals surface area contributed by atoms with Gasteiger partial charge in [-0.2, -0.15) is 0 Å². The van der Waals surface area contributed by atoms with Crippen molar-refractivity contribution in [2.24, 2.45) is 5.92 Å². The van der Waals surface area contributed by atoms with Crippen LogP contribution in [0.5, 0.6) is 0 Å². The summed E-state index contributed by atoms with van der Waals surface area (Å²) < 4.78 is 0. The summed E-state index contributed by atoms with van der Waals surface area (Å²) in [7, 11) is 0. The first-order chi connectivity index (χ1) is 12.1. The van der Waals surface area contributed by atoms with Crippen molar-refractivity contribution in [3.05, 3.63) is 58.4 Å². The van der Waals surface area contributed by atoms with Crippen molar-refractivity contribution in [1.29, 1.82) is 0 Å². The number of amides is 1.